The molecule has 2 N–H and O–H groups in total. The van der Waals surface area contributed by atoms with Crippen LogP contribution in [0.4, 0.5) is 0 Å². The molecule has 0 aliphatic rings. The van der Waals surface area contributed by atoms with Crippen LogP contribution in [0.3, 0.4) is 0 Å². The van der Waals surface area contributed by atoms with E-state index in [1.165, 1.54) is 0 Å². The average molecular weight is 212 g/mol. The largest absolute Gasteiger partial charge is 4.00 e. The zero-order chi connectivity index (χ0) is 4.24. The Balaban J connectivity index is -0.0000000450. The van der Waals surface area contributed by atoms with E-state index in [2.05, 4.69) is 6.07 Å². The molecule has 0 atom stereocenters. The van der Waals surface area contributed by atoms with Crippen molar-refractivity contribution < 1.29 is 46.5 Å². The summed E-state index contributed by atoms with van der Waals surface area (Å²) >= 11 is 0. The predicted octanol–water partition coefficient (Wildman–Crippen LogP) is -3.79. The van der Waals surface area contributed by atoms with E-state index in [4.69, 9.17) is 0 Å². The molecular formula is C6H7Cl2NTi. The van der Waals surface area contributed by atoms with Crippen molar-refractivity contribution in [1.29, 1.82) is 0 Å². The first-order valence-electron chi connectivity index (χ1n) is 1.91. The van der Waals surface area contributed by atoms with Gasteiger partial charge < -0.3 is 31.0 Å². The van der Waals surface area contributed by atoms with Gasteiger partial charge >= 0.3 is 21.7 Å². The van der Waals surface area contributed by atoms with E-state index in [1.807, 2.05) is 30.3 Å². The quantitative estimate of drug-likeness (QED) is 0.312. The third-order valence-electron chi connectivity index (χ3n) is 0.607. The Labute approximate surface area is 88.9 Å². The molecule has 0 heterocycles. The predicted molar refractivity (Wildman–Crippen MR) is 30.6 cm³/mol. The fraction of sp³-hybridized carbons (Fsp3) is 0. The van der Waals surface area contributed by atoms with Crippen molar-refractivity contribution in [3.05, 3.63) is 42.5 Å². The molecule has 0 spiro atoms. The van der Waals surface area contributed by atoms with E-state index in [-0.39, 0.29) is 52.7 Å². The molecule has 0 radical (unpaired) electrons. The van der Waals surface area contributed by atoms with Crippen LogP contribution in [0.1, 0.15) is 0 Å². The second-order valence-corrected chi connectivity index (χ2v) is 1.08. The van der Waals surface area contributed by atoms with Crippen LogP contribution in [0.5, 0.6) is 0 Å². The standard InChI is InChI=1S/C6H5.2ClH.H2N.Ti/c1-2-4-6-5-3-1;;;;/h1-5H;2*1H;1H2;/q-1;;;-1;+4/p-2. The maximum Gasteiger partial charge on any atom is 4.00 e. The molecule has 0 saturated carbocycles. The molecule has 0 unspecified atom stereocenters. The van der Waals surface area contributed by atoms with Crippen LogP contribution in [-0.4, -0.2) is 0 Å². The smallest absolute Gasteiger partial charge is 1.00 e. The average Bonchev–Trinajstić information content (AvgIpc) is 1.72. The third kappa shape index (κ3) is 11.3. The van der Waals surface area contributed by atoms with E-state index in [0.29, 0.717) is 0 Å². The second-order valence-electron chi connectivity index (χ2n) is 1.08. The molecule has 0 aromatic heterocycles. The minimum atomic E-state index is 0. The van der Waals surface area contributed by atoms with E-state index in [1.54, 1.807) is 0 Å². The number of halogens is 2. The normalized spacial score (nSPS) is 4.80. The molecule has 1 aromatic carbocycles. The van der Waals surface area contributed by atoms with Gasteiger partial charge in [0.15, 0.2) is 0 Å². The SMILES string of the molecule is [Cl-].[Cl-].[NH2-].[Ti+4].[c-]1ccccc1. The van der Waals surface area contributed by atoms with Crippen LogP contribution in [0.25, 0.3) is 6.15 Å². The van der Waals surface area contributed by atoms with Crippen LogP contribution >= 0.6 is 0 Å². The van der Waals surface area contributed by atoms with Crippen LogP contribution in [0, 0.1) is 6.07 Å². The van der Waals surface area contributed by atoms with E-state index < -0.39 is 0 Å². The first-order chi connectivity index (χ1) is 3.00. The Hall–Kier alpha value is 0.474. The molecule has 0 aliphatic carbocycles. The van der Waals surface area contributed by atoms with Crippen molar-refractivity contribution in [2.75, 3.05) is 0 Å². The van der Waals surface area contributed by atoms with E-state index in [9.17, 15) is 0 Å². The van der Waals surface area contributed by atoms with Crippen molar-refractivity contribution in [2.24, 2.45) is 0 Å². The molecule has 0 amide bonds. The first kappa shape index (κ1) is 22.4. The molecule has 1 rings (SSSR count). The number of hydrogen-bond acceptors (Lipinski definition) is 0. The van der Waals surface area contributed by atoms with Gasteiger partial charge in [-0.05, 0) is 0 Å². The number of benzene rings is 1. The molecular weight excluding hydrogens is 205 g/mol. The van der Waals surface area contributed by atoms with Crippen molar-refractivity contribution in [1.82, 2.24) is 0 Å². The van der Waals surface area contributed by atoms with Gasteiger partial charge in [-0.1, -0.05) is 0 Å². The maximum absolute atomic E-state index is 2.89. The molecule has 0 saturated heterocycles. The van der Waals surface area contributed by atoms with Gasteiger partial charge in [-0.15, -0.1) is 0 Å². The summed E-state index contributed by atoms with van der Waals surface area (Å²) in [5, 5.41) is 0. The maximum atomic E-state index is 2.89. The first-order valence-corrected chi connectivity index (χ1v) is 1.91. The molecule has 1 aromatic rings. The van der Waals surface area contributed by atoms with Gasteiger partial charge in [0.2, 0.25) is 0 Å². The Morgan fingerprint density at radius 3 is 1.30 bits per heavy atom. The summed E-state index contributed by atoms with van der Waals surface area (Å²) in [7, 11) is 0. The summed E-state index contributed by atoms with van der Waals surface area (Å²) in [6.45, 7) is 0. The van der Waals surface area contributed by atoms with Gasteiger partial charge in [-0.3, -0.25) is 0 Å². The van der Waals surface area contributed by atoms with Crippen molar-refractivity contribution in [3.63, 3.8) is 0 Å². The van der Waals surface area contributed by atoms with Crippen LogP contribution in [0.2, 0.25) is 0 Å². The van der Waals surface area contributed by atoms with Gasteiger partial charge in [-0.2, -0.15) is 36.4 Å². The summed E-state index contributed by atoms with van der Waals surface area (Å²) in [6.07, 6.45) is 0. The fourth-order valence-electron chi connectivity index (χ4n) is 0.342. The summed E-state index contributed by atoms with van der Waals surface area (Å²) in [4.78, 5) is 0. The third-order valence-corrected chi connectivity index (χ3v) is 0.607. The summed E-state index contributed by atoms with van der Waals surface area (Å²) in [6, 6.07) is 12.5. The van der Waals surface area contributed by atoms with E-state index in [0.717, 1.165) is 0 Å². The van der Waals surface area contributed by atoms with Crippen LogP contribution in [0.15, 0.2) is 30.3 Å². The fourth-order valence-corrected chi connectivity index (χ4v) is 0.342. The molecule has 1 nitrogen and oxygen atoms in total. The minimum absolute atomic E-state index is 0. The number of rotatable bonds is 0. The molecule has 0 fully saturated rings. The Kier molecular flexibility index (Phi) is 36.4. The molecule has 10 heavy (non-hydrogen) atoms. The van der Waals surface area contributed by atoms with Crippen LogP contribution < -0.4 is 24.8 Å². The zero-order valence-corrected chi connectivity index (χ0v) is 8.29. The van der Waals surface area contributed by atoms with Gasteiger partial charge in [0, 0.05) is 0 Å². The summed E-state index contributed by atoms with van der Waals surface area (Å²) in [5.41, 5.74) is 0. The molecule has 54 valence electrons. The molecule has 0 aliphatic heterocycles. The number of nitrogens with two attached hydrogens (primary N) is 1. The molecule has 4 heteroatoms. The van der Waals surface area contributed by atoms with E-state index >= 15 is 0 Å². The topological polar surface area (TPSA) is 33.5 Å². The van der Waals surface area contributed by atoms with Crippen molar-refractivity contribution in [3.8, 4) is 0 Å². The van der Waals surface area contributed by atoms with Gasteiger partial charge in [0.1, 0.15) is 0 Å². The van der Waals surface area contributed by atoms with Gasteiger partial charge in [-0.25, -0.2) is 0 Å². The van der Waals surface area contributed by atoms with Crippen molar-refractivity contribution in [2.45, 2.75) is 0 Å². The Bertz CT molecular complexity index is 87.7. The second kappa shape index (κ2) is 16.2. The van der Waals surface area contributed by atoms with Gasteiger partial charge in [0.25, 0.3) is 0 Å². The Morgan fingerprint density at radius 2 is 1.20 bits per heavy atom. The minimum Gasteiger partial charge on any atom is -1.00 e. The van der Waals surface area contributed by atoms with Gasteiger partial charge in [0.05, 0.1) is 0 Å². The summed E-state index contributed by atoms with van der Waals surface area (Å²) in [5.74, 6) is 0. The van der Waals surface area contributed by atoms with Crippen LogP contribution in [-0.2, 0) is 21.7 Å². The zero-order valence-electron chi connectivity index (χ0n) is 5.22. The monoisotopic (exact) mass is 211 g/mol. The molecule has 0 bridgehead atoms. The summed E-state index contributed by atoms with van der Waals surface area (Å²) < 4.78 is 0. The van der Waals surface area contributed by atoms with Crippen molar-refractivity contribution >= 4 is 0 Å². The Morgan fingerprint density at radius 1 is 0.800 bits per heavy atom. The number of hydrogen-bond donors (Lipinski definition) is 0.